The third kappa shape index (κ3) is 4.68. The lowest BCUT2D eigenvalue weighted by molar-refractivity contribution is -0.135. The lowest BCUT2D eigenvalue weighted by Gasteiger charge is -2.29. The van der Waals surface area contributed by atoms with Crippen LogP contribution in [0.15, 0.2) is 18.2 Å². The summed E-state index contributed by atoms with van der Waals surface area (Å²) in [4.78, 5) is 13.9. The molecule has 0 spiro atoms. The van der Waals surface area contributed by atoms with Crippen molar-refractivity contribution in [1.82, 2.24) is 4.90 Å². The van der Waals surface area contributed by atoms with Crippen molar-refractivity contribution in [2.24, 2.45) is 5.73 Å². The number of hydrogen-bond acceptors (Lipinski definition) is 2. The molecule has 0 aliphatic heterocycles. The second-order valence-electron chi connectivity index (χ2n) is 5.11. The van der Waals surface area contributed by atoms with Crippen molar-refractivity contribution in [2.45, 2.75) is 38.8 Å². The van der Waals surface area contributed by atoms with Gasteiger partial charge in [-0.05, 0) is 37.1 Å². The van der Waals surface area contributed by atoms with Crippen LogP contribution < -0.4 is 5.73 Å². The molecule has 1 aromatic rings. The third-order valence-corrected chi connectivity index (χ3v) is 3.38. The van der Waals surface area contributed by atoms with E-state index in [0.29, 0.717) is 23.0 Å². The first-order chi connectivity index (χ1) is 8.76. The van der Waals surface area contributed by atoms with Crippen molar-refractivity contribution in [2.75, 3.05) is 7.05 Å². The van der Waals surface area contributed by atoms with Crippen LogP contribution in [0.5, 0.6) is 0 Å². The van der Waals surface area contributed by atoms with Gasteiger partial charge in [-0.1, -0.05) is 36.5 Å². The van der Waals surface area contributed by atoms with E-state index < -0.39 is 5.54 Å². The van der Waals surface area contributed by atoms with Crippen molar-refractivity contribution in [1.29, 1.82) is 0 Å². The monoisotopic (exact) mass is 302 g/mol. The predicted molar refractivity (Wildman–Crippen MR) is 80.4 cm³/mol. The molecule has 1 amide bonds. The van der Waals surface area contributed by atoms with Gasteiger partial charge in [0.1, 0.15) is 0 Å². The molecule has 106 valence electrons. The van der Waals surface area contributed by atoms with Crippen LogP contribution in [-0.4, -0.2) is 23.4 Å². The average Bonchev–Trinajstić information content (AvgIpc) is 2.26. The largest absolute Gasteiger partial charge is 0.340 e. The fraction of sp³-hybridized carbons (Fsp3) is 0.500. The molecule has 0 heterocycles. The number of likely N-dealkylation sites (N-methyl/N-ethyl adjacent to an activating group) is 1. The van der Waals surface area contributed by atoms with Gasteiger partial charge in [0.05, 0.1) is 5.54 Å². The van der Waals surface area contributed by atoms with E-state index in [1.807, 2.05) is 6.92 Å². The first-order valence-electron chi connectivity index (χ1n) is 6.25. The number of nitrogens with zero attached hydrogens (tertiary/aromatic N) is 1. The van der Waals surface area contributed by atoms with Crippen molar-refractivity contribution < 1.29 is 4.79 Å². The van der Waals surface area contributed by atoms with Crippen LogP contribution in [0.4, 0.5) is 0 Å². The first-order valence-corrected chi connectivity index (χ1v) is 7.01. The van der Waals surface area contributed by atoms with Crippen LogP contribution in [0.2, 0.25) is 10.0 Å². The SMILES string of the molecule is CCCC(C)(N)C(=O)N(C)Cc1cc(Cl)cc(Cl)c1. The molecule has 0 aliphatic rings. The molecule has 0 saturated heterocycles. The summed E-state index contributed by atoms with van der Waals surface area (Å²) < 4.78 is 0. The maximum Gasteiger partial charge on any atom is 0.242 e. The molecule has 0 bridgehead atoms. The van der Waals surface area contributed by atoms with E-state index in [1.54, 1.807) is 37.1 Å². The number of rotatable bonds is 5. The van der Waals surface area contributed by atoms with Gasteiger partial charge < -0.3 is 10.6 Å². The highest BCUT2D eigenvalue weighted by Gasteiger charge is 2.30. The van der Waals surface area contributed by atoms with Gasteiger partial charge in [0.2, 0.25) is 5.91 Å². The van der Waals surface area contributed by atoms with E-state index in [2.05, 4.69) is 0 Å². The number of amides is 1. The topological polar surface area (TPSA) is 46.3 Å². The zero-order valence-electron chi connectivity index (χ0n) is 11.5. The van der Waals surface area contributed by atoms with Crippen molar-refractivity contribution in [3.05, 3.63) is 33.8 Å². The normalized spacial score (nSPS) is 14.0. The number of nitrogens with two attached hydrogens (primary N) is 1. The van der Waals surface area contributed by atoms with E-state index in [4.69, 9.17) is 28.9 Å². The molecule has 1 unspecified atom stereocenters. The second kappa shape index (κ2) is 6.60. The molecule has 3 nitrogen and oxygen atoms in total. The smallest absolute Gasteiger partial charge is 0.242 e. The second-order valence-corrected chi connectivity index (χ2v) is 5.98. The molecule has 1 atom stereocenters. The molecule has 0 saturated carbocycles. The molecule has 0 aromatic heterocycles. The molecule has 0 fully saturated rings. The van der Waals surface area contributed by atoms with Crippen LogP contribution in [-0.2, 0) is 11.3 Å². The van der Waals surface area contributed by atoms with Crippen molar-refractivity contribution in [3.63, 3.8) is 0 Å². The van der Waals surface area contributed by atoms with Gasteiger partial charge in [-0.25, -0.2) is 0 Å². The Morgan fingerprint density at radius 2 is 1.84 bits per heavy atom. The van der Waals surface area contributed by atoms with Crippen LogP contribution >= 0.6 is 23.2 Å². The molecular weight excluding hydrogens is 283 g/mol. The zero-order valence-corrected chi connectivity index (χ0v) is 13.1. The van der Waals surface area contributed by atoms with E-state index in [0.717, 1.165) is 12.0 Å². The number of hydrogen-bond donors (Lipinski definition) is 1. The Labute approximate surface area is 124 Å². The summed E-state index contributed by atoms with van der Waals surface area (Å²) in [5.74, 6) is -0.0783. The van der Waals surface area contributed by atoms with E-state index in [-0.39, 0.29) is 5.91 Å². The lowest BCUT2D eigenvalue weighted by Crippen LogP contribution is -2.51. The quantitative estimate of drug-likeness (QED) is 0.905. The van der Waals surface area contributed by atoms with Gasteiger partial charge in [0.25, 0.3) is 0 Å². The highest BCUT2D eigenvalue weighted by Crippen LogP contribution is 2.21. The molecule has 0 aliphatic carbocycles. The third-order valence-electron chi connectivity index (χ3n) is 2.95. The summed E-state index contributed by atoms with van der Waals surface area (Å²) in [7, 11) is 1.73. The fourth-order valence-corrected chi connectivity index (χ4v) is 2.68. The van der Waals surface area contributed by atoms with Gasteiger partial charge >= 0.3 is 0 Å². The first kappa shape index (κ1) is 16.3. The molecule has 1 rings (SSSR count). The summed E-state index contributed by atoms with van der Waals surface area (Å²) >= 11 is 11.9. The number of carbonyl (C=O) groups is 1. The Bertz CT molecular complexity index is 441. The average molecular weight is 303 g/mol. The van der Waals surface area contributed by atoms with Crippen molar-refractivity contribution in [3.8, 4) is 0 Å². The number of carbonyl (C=O) groups excluding carboxylic acids is 1. The maximum absolute atomic E-state index is 12.3. The van der Waals surface area contributed by atoms with Crippen molar-refractivity contribution >= 4 is 29.1 Å². The Balaban J connectivity index is 2.79. The summed E-state index contributed by atoms with van der Waals surface area (Å²) in [5, 5.41) is 1.12. The van der Waals surface area contributed by atoms with Crippen LogP contribution in [0.25, 0.3) is 0 Å². The summed E-state index contributed by atoms with van der Waals surface area (Å²) in [6.07, 6.45) is 1.53. The van der Waals surface area contributed by atoms with Gasteiger partial charge in [-0.2, -0.15) is 0 Å². The predicted octanol–water partition coefficient (Wildman–Crippen LogP) is 3.47. The summed E-state index contributed by atoms with van der Waals surface area (Å²) in [6, 6.07) is 5.26. The van der Waals surface area contributed by atoms with Gasteiger partial charge in [0, 0.05) is 23.6 Å². The Morgan fingerprint density at radius 1 is 1.32 bits per heavy atom. The lowest BCUT2D eigenvalue weighted by atomic mass is 9.96. The zero-order chi connectivity index (χ0) is 14.6. The van der Waals surface area contributed by atoms with Crippen LogP contribution in [0, 0.1) is 0 Å². The van der Waals surface area contributed by atoms with Crippen LogP contribution in [0.1, 0.15) is 32.3 Å². The van der Waals surface area contributed by atoms with Gasteiger partial charge in [0.15, 0.2) is 0 Å². The van der Waals surface area contributed by atoms with E-state index in [1.165, 1.54) is 0 Å². The highest BCUT2D eigenvalue weighted by atomic mass is 35.5. The highest BCUT2D eigenvalue weighted by molar-refractivity contribution is 6.34. The molecule has 1 aromatic carbocycles. The summed E-state index contributed by atoms with van der Waals surface area (Å²) in [6.45, 7) is 4.21. The van der Waals surface area contributed by atoms with Crippen LogP contribution in [0.3, 0.4) is 0 Å². The minimum atomic E-state index is -0.828. The molecule has 2 N–H and O–H groups in total. The minimum Gasteiger partial charge on any atom is -0.340 e. The molecule has 5 heteroatoms. The molecule has 19 heavy (non-hydrogen) atoms. The Kier molecular flexibility index (Phi) is 5.65. The molecule has 0 radical (unpaired) electrons. The minimum absolute atomic E-state index is 0.0783. The standard InChI is InChI=1S/C14H20Cl2N2O/c1-4-5-14(2,17)13(19)18(3)9-10-6-11(15)8-12(16)7-10/h6-8H,4-5,9,17H2,1-3H3. The van der Waals surface area contributed by atoms with Gasteiger partial charge in [-0.3, -0.25) is 4.79 Å². The fourth-order valence-electron chi connectivity index (χ4n) is 2.11. The van der Waals surface area contributed by atoms with Gasteiger partial charge in [-0.15, -0.1) is 0 Å². The van der Waals surface area contributed by atoms with E-state index in [9.17, 15) is 4.79 Å². The Hall–Kier alpha value is -0.770. The Morgan fingerprint density at radius 3 is 2.32 bits per heavy atom. The van der Waals surface area contributed by atoms with E-state index >= 15 is 0 Å². The maximum atomic E-state index is 12.3. The summed E-state index contributed by atoms with van der Waals surface area (Å²) in [5.41, 5.74) is 6.10. The number of benzene rings is 1. The molecular formula is C14H20Cl2N2O. The number of halogens is 2.